The minimum Gasteiger partial charge on any atom is -0.344 e. The van der Waals surface area contributed by atoms with Crippen LogP contribution in [0.5, 0.6) is 0 Å². The summed E-state index contributed by atoms with van der Waals surface area (Å²) in [6.07, 6.45) is 0. The largest absolute Gasteiger partial charge is 0.344 e. The van der Waals surface area contributed by atoms with E-state index < -0.39 is 0 Å². The average molecular weight is 342 g/mol. The lowest BCUT2D eigenvalue weighted by Crippen LogP contribution is -2.19. The van der Waals surface area contributed by atoms with Crippen molar-refractivity contribution in [3.05, 3.63) is 51.6 Å². The Balaban J connectivity index is 1.87. The van der Waals surface area contributed by atoms with E-state index in [2.05, 4.69) is 79.1 Å². The number of rotatable bonds is 6. The predicted octanol–water partition coefficient (Wildman–Crippen LogP) is 5.22. The summed E-state index contributed by atoms with van der Waals surface area (Å²) >= 11 is 1.72. The van der Waals surface area contributed by atoms with Gasteiger partial charge in [-0.15, -0.1) is 11.3 Å². The summed E-state index contributed by atoms with van der Waals surface area (Å²) in [4.78, 5) is 4.60. The van der Waals surface area contributed by atoms with Crippen LogP contribution in [0.4, 0.5) is 0 Å². The molecule has 0 spiro atoms. The highest BCUT2D eigenvalue weighted by Gasteiger charge is 2.16. The molecule has 24 heavy (non-hydrogen) atoms. The molecule has 0 bridgehead atoms. The van der Waals surface area contributed by atoms with Crippen LogP contribution in [0.2, 0.25) is 0 Å². The maximum absolute atomic E-state index is 4.60. The molecule has 0 aliphatic heterocycles. The molecule has 0 aliphatic carbocycles. The summed E-state index contributed by atoms with van der Waals surface area (Å²) in [5.41, 5.74) is 5.27. The highest BCUT2D eigenvalue weighted by molar-refractivity contribution is 7.09. The van der Waals surface area contributed by atoms with Crippen molar-refractivity contribution >= 4 is 22.2 Å². The van der Waals surface area contributed by atoms with E-state index >= 15 is 0 Å². The van der Waals surface area contributed by atoms with Crippen molar-refractivity contribution in [2.24, 2.45) is 5.92 Å². The smallest absolute Gasteiger partial charge is 0.0898 e. The normalized spacial score (nSPS) is 13.1. The first-order valence-electron chi connectivity index (χ1n) is 8.69. The Hall–Kier alpha value is -1.65. The summed E-state index contributed by atoms with van der Waals surface area (Å²) in [5.74, 6) is 0.636. The number of nitrogens with zero attached hydrogens (tertiary/aromatic N) is 2. The van der Waals surface area contributed by atoms with Crippen molar-refractivity contribution in [3.8, 4) is 0 Å². The lowest BCUT2D eigenvalue weighted by Gasteiger charge is -2.13. The van der Waals surface area contributed by atoms with Crippen molar-refractivity contribution in [2.75, 3.05) is 0 Å². The van der Waals surface area contributed by atoms with Crippen LogP contribution >= 0.6 is 11.3 Å². The molecule has 4 heteroatoms. The van der Waals surface area contributed by atoms with Crippen molar-refractivity contribution in [2.45, 2.75) is 53.8 Å². The molecule has 1 N–H and O–H groups in total. The SMILES string of the molecule is Cc1nc([C@H](C)NCc2c(C)n(CC(C)C)c3ccccc23)cs1. The second-order valence-electron chi connectivity index (χ2n) is 6.98. The van der Waals surface area contributed by atoms with Crippen LogP contribution in [0.15, 0.2) is 29.6 Å². The molecule has 0 amide bonds. The number of hydrogen-bond acceptors (Lipinski definition) is 3. The molecule has 2 heterocycles. The van der Waals surface area contributed by atoms with Gasteiger partial charge in [-0.2, -0.15) is 0 Å². The molecular formula is C20H27N3S. The van der Waals surface area contributed by atoms with E-state index in [0.29, 0.717) is 5.92 Å². The molecule has 0 saturated carbocycles. The number of aryl methyl sites for hydroxylation is 1. The van der Waals surface area contributed by atoms with Crippen LogP contribution in [-0.4, -0.2) is 9.55 Å². The molecule has 1 atom stereocenters. The first-order chi connectivity index (χ1) is 11.5. The standard InChI is InChI=1S/C20H27N3S/c1-13(2)11-23-15(4)18(17-8-6-7-9-20(17)23)10-21-14(3)19-12-24-16(5)22-19/h6-9,12-14,21H,10-11H2,1-5H3/t14-/m0/s1. The zero-order chi connectivity index (χ0) is 17.3. The van der Waals surface area contributed by atoms with Gasteiger partial charge in [0.15, 0.2) is 0 Å². The van der Waals surface area contributed by atoms with Gasteiger partial charge in [0, 0.05) is 41.1 Å². The van der Waals surface area contributed by atoms with Crippen molar-refractivity contribution in [1.82, 2.24) is 14.9 Å². The van der Waals surface area contributed by atoms with Gasteiger partial charge >= 0.3 is 0 Å². The van der Waals surface area contributed by atoms with Crippen LogP contribution in [0.3, 0.4) is 0 Å². The van der Waals surface area contributed by atoms with Crippen molar-refractivity contribution in [1.29, 1.82) is 0 Å². The Morgan fingerprint density at radius 1 is 1.17 bits per heavy atom. The van der Waals surface area contributed by atoms with Crippen molar-refractivity contribution < 1.29 is 0 Å². The average Bonchev–Trinajstić information content (AvgIpc) is 3.09. The topological polar surface area (TPSA) is 29.9 Å². The van der Waals surface area contributed by atoms with Gasteiger partial charge in [0.25, 0.3) is 0 Å². The molecule has 0 saturated heterocycles. The van der Waals surface area contributed by atoms with Crippen LogP contribution in [0.25, 0.3) is 10.9 Å². The fraction of sp³-hybridized carbons (Fsp3) is 0.450. The first-order valence-corrected chi connectivity index (χ1v) is 9.57. The summed E-state index contributed by atoms with van der Waals surface area (Å²) in [5, 5.41) is 8.31. The van der Waals surface area contributed by atoms with E-state index in [1.54, 1.807) is 11.3 Å². The molecule has 3 rings (SSSR count). The van der Waals surface area contributed by atoms with Crippen LogP contribution in [-0.2, 0) is 13.1 Å². The number of aromatic nitrogens is 2. The van der Waals surface area contributed by atoms with Gasteiger partial charge in [-0.3, -0.25) is 0 Å². The molecule has 2 aromatic heterocycles. The van der Waals surface area contributed by atoms with E-state index in [0.717, 1.165) is 23.8 Å². The molecule has 0 aliphatic rings. The number of para-hydroxylation sites is 1. The van der Waals surface area contributed by atoms with E-state index in [9.17, 15) is 0 Å². The molecular weight excluding hydrogens is 314 g/mol. The number of hydrogen-bond donors (Lipinski definition) is 1. The fourth-order valence-corrected chi connectivity index (χ4v) is 3.97. The molecule has 128 valence electrons. The molecule has 0 fully saturated rings. The number of benzene rings is 1. The maximum Gasteiger partial charge on any atom is 0.0898 e. The zero-order valence-corrected chi connectivity index (χ0v) is 16.1. The second-order valence-corrected chi connectivity index (χ2v) is 8.04. The van der Waals surface area contributed by atoms with Gasteiger partial charge in [0.1, 0.15) is 0 Å². The number of fused-ring (bicyclic) bond motifs is 1. The molecule has 3 aromatic rings. The summed E-state index contributed by atoms with van der Waals surface area (Å²) in [6.45, 7) is 13.0. The predicted molar refractivity (Wildman–Crippen MR) is 104 cm³/mol. The molecule has 0 radical (unpaired) electrons. The highest BCUT2D eigenvalue weighted by atomic mass is 32.1. The summed E-state index contributed by atoms with van der Waals surface area (Å²) in [6, 6.07) is 9.02. The monoisotopic (exact) mass is 341 g/mol. The van der Waals surface area contributed by atoms with Gasteiger partial charge in [0.2, 0.25) is 0 Å². The highest BCUT2D eigenvalue weighted by Crippen LogP contribution is 2.27. The number of thiazole rings is 1. The Morgan fingerprint density at radius 2 is 1.92 bits per heavy atom. The zero-order valence-electron chi connectivity index (χ0n) is 15.3. The minimum absolute atomic E-state index is 0.265. The van der Waals surface area contributed by atoms with Gasteiger partial charge in [-0.1, -0.05) is 32.0 Å². The lowest BCUT2D eigenvalue weighted by molar-refractivity contribution is 0.522. The Morgan fingerprint density at radius 3 is 2.58 bits per heavy atom. The van der Waals surface area contributed by atoms with E-state index in [1.165, 1.54) is 22.2 Å². The van der Waals surface area contributed by atoms with Gasteiger partial charge in [0.05, 0.1) is 10.7 Å². The Labute approximate surface area is 148 Å². The minimum atomic E-state index is 0.265. The van der Waals surface area contributed by atoms with E-state index in [-0.39, 0.29) is 6.04 Å². The van der Waals surface area contributed by atoms with Gasteiger partial charge < -0.3 is 9.88 Å². The molecule has 1 aromatic carbocycles. The van der Waals surface area contributed by atoms with E-state index in [1.807, 2.05) is 0 Å². The second kappa shape index (κ2) is 7.08. The number of nitrogens with one attached hydrogen (secondary N) is 1. The third-order valence-electron chi connectivity index (χ3n) is 4.57. The fourth-order valence-electron chi connectivity index (χ4n) is 3.27. The van der Waals surface area contributed by atoms with Crippen LogP contribution in [0, 0.1) is 19.8 Å². The maximum atomic E-state index is 4.60. The first kappa shape index (κ1) is 17.2. The van der Waals surface area contributed by atoms with Crippen LogP contribution < -0.4 is 5.32 Å². The molecule has 0 unspecified atom stereocenters. The molecule has 3 nitrogen and oxygen atoms in total. The third kappa shape index (κ3) is 3.40. The lowest BCUT2D eigenvalue weighted by atomic mass is 10.1. The van der Waals surface area contributed by atoms with Crippen LogP contribution in [0.1, 0.15) is 48.8 Å². The van der Waals surface area contributed by atoms with Crippen molar-refractivity contribution in [3.63, 3.8) is 0 Å². The Kier molecular flexibility index (Phi) is 5.07. The quantitative estimate of drug-likeness (QED) is 0.666. The Bertz CT molecular complexity index is 829. The van der Waals surface area contributed by atoms with Gasteiger partial charge in [-0.25, -0.2) is 4.98 Å². The third-order valence-corrected chi connectivity index (χ3v) is 5.37. The van der Waals surface area contributed by atoms with E-state index in [4.69, 9.17) is 0 Å². The summed E-state index contributed by atoms with van der Waals surface area (Å²) < 4.78 is 2.47. The van der Waals surface area contributed by atoms with Gasteiger partial charge in [-0.05, 0) is 38.3 Å². The summed E-state index contributed by atoms with van der Waals surface area (Å²) in [7, 11) is 0.